The molecule has 2 fully saturated rings. The molecule has 4 atom stereocenters. The molecule has 1 aromatic heterocycles. The highest BCUT2D eigenvalue weighted by Crippen LogP contribution is 2.48. The number of hydrogen-bond acceptors (Lipinski definition) is 5. The molecule has 6 heteroatoms. The number of aromatic nitrogens is 1. The molecule has 0 saturated heterocycles. The maximum atomic E-state index is 12.2. The number of hydrogen-bond donors (Lipinski definition) is 3. The average molecular weight is 281 g/mol. The first-order chi connectivity index (χ1) is 9.22. The summed E-state index contributed by atoms with van der Waals surface area (Å²) in [5, 5.41) is 16.3. The molecule has 1 amide bonds. The number of fused-ring (bicyclic) bond motifs is 2. The van der Waals surface area contributed by atoms with Gasteiger partial charge in [-0.1, -0.05) is 11.3 Å². The Morgan fingerprint density at radius 3 is 3.00 bits per heavy atom. The lowest BCUT2D eigenvalue weighted by molar-refractivity contribution is 0.0865. The van der Waals surface area contributed by atoms with Crippen LogP contribution < -0.4 is 10.6 Å². The van der Waals surface area contributed by atoms with Gasteiger partial charge >= 0.3 is 0 Å². The van der Waals surface area contributed by atoms with Gasteiger partial charge in [0.1, 0.15) is 4.88 Å². The Labute approximate surface area is 116 Å². The van der Waals surface area contributed by atoms with Crippen LogP contribution in [0.4, 0.5) is 5.13 Å². The van der Waals surface area contributed by atoms with Crippen LogP contribution in [-0.2, 0) is 0 Å². The molecule has 2 bridgehead atoms. The SMILES string of the molecule is CNc1ncc(C(=O)NC2C3CCC(C3)C2CO)s1. The largest absolute Gasteiger partial charge is 0.396 e. The van der Waals surface area contributed by atoms with Crippen molar-refractivity contribution in [3.8, 4) is 0 Å². The van der Waals surface area contributed by atoms with E-state index in [1.54, 1.807) is 13.2 Å². The highest BCUT2D eigenvalue weighted by Gasteiger charge is 2.47. The number of aliphatic hydroxyl groups excluding tert-OH is 1. The molecular formula is C13H19N3O2S. The van der Waals surface area contributed by atoms with E-state index < -0.39 is 0 Å². The van der Waals surface area contributed by atoms with Crippen molar-refractivity contribution < 1.29 is 9.90 Å². The first-order valence-electron chi connectivity index (χ1n) is 6.78. The van der Waals surface area contributed by atoms with Gasteiger partial charge in [-0.3, -0.25) is 4.79 Å². The number of carbonyl (C=O) groups is 1. The summed E-state index contributed by atoms with van der Waals surface area (Å²) in [6.07, 6.45) is 5.14. The predicted octanol–water partition coefficient (Wildman–Crippen LogP) is 1.32. The van der Waals surface area contributed by atoms with Crippen LogP contribution in [0.3, 0.4) is 0 Å². The van der Waals surface area contributed by atoms with Crippen molar-refractivity contribution in [3.63, 3.8) is 0 Å². The lowest BCUT2D eigenvalue weighted by Gasteiger charge is -2.30. The molecule has 5 nitrogen and oxygen atoms in total. The Morgan fingerprint density at radius 1 is 1.53 bits per heavy atom. The second-order valence-corrected chi connectivity index (χ2v) is 6.49. The quantitative estimate of drug-likeness (QED) is 0.778. The summed E-state index contributed by atoms with van der Waals surface area (Å²) in [5.41, 5.74) is 0. The van der Waals surface area contributed by atoms with Crippen LogP contribution in [-0.4, -0.2) is 35.7 Å². The average Bonchev–Trinajstić information content (AvgIpc) is 3.13. The smallest absolute Gasteiger partial charge is 0.263 e. The van der Waals surface area contributed by atoms with Crippen molar-refractivity contribution in [1.82, 2.24) is 10.3 Å². The lowest BCUT2D eigenvalue weighted by Crippen LogP contribution is -2.45. The van der Waals surface area contributed by atoms with Crippen LogP contribution in [0.1, 0.15) is 28.9 Å². The summed E-state index contributed by atoms with van der Waals surface area (Å²) in [6.45, 7) is 0.177. The molecule has 2 aliphatic rings. The standard InChI is InChI=1S/C13H19N3O2S/c1-14-13-15-5-10(19-13)12(18)16-11-8-3-2-7(4-8)9(11)6-17/h5,7-9,11,17H,2-4,6H2,1H3,(H,14,15)(H,16,18). The Kier molecular flexibility index (Phi) is 3.45. The molecule has 1 heterocycles. The summed E-state index contributed by atoms with van der Waals surface area (Å²) in [5.74, 6) is 1.31. The van der Waals surface area contributed by atoms with Gasteiger partial charge in [-0.15, -0.1) is 0 Å². The topological polar surface area (TPSA) is 74.2 Å². The number of anilines is 1. The van der Waals surface area contributed by atoms with Gasteiger partial charge in [-0.25, -0.2) is 4.98 Å². The van der Waals surface area contributed by atoms with E-state index in [1.807, 2.05) is 0 Å². The number of nitrogens with one attached hydrogen (secondary N) is 2. The summed E-state index contributed by atoms with van der Waals surface area (Å²) < 4.78 is 0. The van der Waals surface area contributed by atoms with Crippen LogP contribution >= 0.6 is 11.3 Å². The van der Waals surface area contributed by atoms with Gasteiger partial charge in [-0.2, -0.15) is 0 Å². The van der Waals surface area contributed by atoms with Crippen molar-refractivity contribution in [2.24, 2.45) is 17.8 Å². The van der Waals surface area contributed by atoms with Crippen molar-refractivity contribution in [1.29, 1.82) is 0 Å². The normalized spacial score (nSPS) is 32.5. The second kappa shape index (κ2) is 5.09. The lowest BCUT2D eigenvalue weighted by atomic mass is 9.85. The zero-order valence-electron chi connectivity index (χ0n) is 10.9. The second-order valence-electron chi connectivity index (χ2n) is 5.46. The molecule has 0 aromatic carbocycles. The fourth-order valence-corrected chi connectivity index (χ4v) is 4.29. The van der Waals surface area contributed by atoms with Crippen LogP contribution in [0, 0.1) is 17.8 Å². The Morgan fingerprint density at radius 2 is 2.32 bits per heavy atom. The van der Waals surface area contributed by atoms with Gasteiger partial charge in [0.05, 0.1) is 6.20 Å². The van der Waals surface area contributed by atoms with Crippen LogP contribution in [0.5, 0.6) is 0 Å². The Balaban J connectivity index is 1.69. The molecule has 2 aliphatic carbocycles. The van der Waals surface area contributed by atoms with Gasteiger partial charge in [0, 0.05) is 25.6 Å². The zero-order chi connectivity index (χ0) is 13.4. The Bertz CT molecular complexity index is 476. The maximum Gasteiger partial charge on any atom is 0.263 e. The molecule has 3 rings (SSSR count). The zero-order valence-corrected chi connectivity index (χ0v) is 11.7. The van der Waals surface area contributed by atoms with Crippen molar-refractivity contribution in [3.05, 3.63) is 11.1 Å². The number of nitrogens with zero attached hydrogens (tertiary/aromatic N) is 1. The number of carbonyl (C=O) groups excluding carboxylic acids is 1. The van der Waals surface area contributed by atoms with E-state index in [0.29, 0.717) is 16.7 Å². The number of rotatable bonds is 4. The summed E-state index contributed by atoms with van der Waals surface area (Å²) in [6, 6.07) is 0.136. The minimum atomic E-state index is -0.0602. The van der Waals surface area contributed by atoms with Crippen molar-refractivity contribution in [2.75, 3.05) is 19.0 Å². The van der Waals surface area contributed by atoms with Gasteiger partial charge in [0.2, 0.25) is 0 Å². The van der Waals surface area contributed by atoms with E-state index in [2.05, 4.69) is 15.6 Å². The number of aliphatic hydroxyl groups is 1. The number of thiazole rings is 1. The predicted molar refractivity (Wildman–Crippen MR) is 74.3 cm³/mol. The fourth-order valence-electron chi connectivity index (χ4n) is 3.62. The summed E-state index contributed by atoms with van der Waals surface area (Å²) in [7, 11) is 1.79. The Hall–Kier alpha value is -1.14. The fraction of sp³-hybridized carbons (Fsp3) is 0.692. The minimum Gasteiger partial charge on any atom is -0.396 e. The van der Waals surface area contributed by atoms with Crippen molar-refractivity contribution >= 4 is 22.4 Å². The molecule has 19 heavy (non-hydrogen) atoms. The highest BCUT2D eigenvalue weighted by atomic mass is 32.1. The molecule has 3 N–H and O–H groups in total. The van der Waals surface area contributed by atoms with E-state index in [0.717, 1.165) is 11.6 Å². The first-order valence-corrected chi connectivity index (χ1v) is 7.60. The molecule has 1 aromatic rings. The maximum absolute atomic E-state index is 12.2. The van der Waals surface area contributed by atoms with Crippen LogP contribution in [0.25, 0.3) is 0 Å². The van der Waals surface area contributed by atoms with Gasteiger partial charge < -0.3 is 15.7 Å². The molecule has 104 valence electrons. The van der Waals surface area contributed by atoms with E-state index in [9.17, 15) is 9.90 Å². The van der Waals surface area contributed by atoms with E-state index >= 15 is 0 Å². The third-order valence-electron chi connectivity index (χ3n) is 4.54. The molecule has 4 unspecified atom stereocenters. The van der Waals surface area contributed by atoms with E-state index in [-0.39, 0.29) is 24.5 Å². The molecule has 0 radical (unpaired) electrons. The van der Waals surface area contributed by atoms with Crippen molar-refractivity contribution in [2.45, 2.75) is 25.3 Å². The highest BCUT2D eigenvalue weighted by molar-refractivity contribution is 7.17. The number of amides is 1. The third-order valence-corrected chi connectivity index (χ3v) is 5.55. The van der Waals surface area contributed by atoms with E-state index in [4.69, 9.17) is 0 Å². The third kappa shape index (κ3) is 2.23. The first kappa shape index (κ1) is 12.9. The molecule has 0 aliphatic heterocycles. The monoisotopic (exact) mass is 281 g/mol. The summed E-state index contributed by atoms with van der Waals surface area (Å²) in [4.78, 5) is 17.0. The summed E-state index contributed by atoms with van der Waals surface area (Å²) >= 11 is 1.36. The van der Waals surface area contributed by atoms with Gasteiger partial charge in [0.25, 0.3) is 5.91 Å². The minimum absolute atomic E-state index is 0.0602. The van der Waals surface area contributed by atoms with E-state index in [1.165, 1.54) is 24.2 Å². The van der Waals surface area contributed by atoms with Gasteiger partial charge in [0.15, 0.2) is 5.13 Å². The van der Waals surface area contributed by atoms with Crippen LogP contribution in [0.15, 0.2) is 6.20 Å². The van der Waals surface area contributed by atoms with Gasteiger partial charge in [-0.05, 0) is 31.1 Å². The molecular weight excluding hydrogens is 262 g/mol. The van der Waals surface area contributed by atoms with Crippen LogP contribution in [0.2, 0.25) is 0 Å². The molecule has 0 spiro atoms. The molecule has 2 saturated carbocycles.